The lowest BCUT2D eigenvalue weighted by Gasteiger charge is -2.10. The number of benzene rings is 1. The van der Waals surface area contributed by atoms with Gasteiger partial charge in [0.2, 0.25) is 0 Å². The molecule has 154 valence electrons. The zero-order chi connectivity index (χ0) is 21.1. The summed E-state index contributed by atoms with van der Waals surface area (Å²) in [7, 11) is 0. The van der Waals surface area contributed by atoms with Crippen molar-refractivity contribution in [3.8, 4) is 0 Å². The number of carbonyl (C=O) groups excluding carboxylic acids is 2. The highest BCUT2D eigenvalue weighted by atomic mass is 32.1. The van der Waals surface area contributed by atoms with Gasteiger partial charge in [0, 0.05) is 25.0 Å². The van der Waals surface area contributed by atoms with Crippen LogP contribution in [0.5, 0.6) is 0 Å². The molecule has 0 unspecified atom stereocenters. The summed E-state index contributed by atoms with van der Waals surface area (Å²) in [6.45, 7) is 0.294. The Morgan fingerprint density at radius 2 is 1.67 bits per heavy atom. The monoisotopic (exact) mass is 427 g/mol. The number of carbonyl (C=O) groups is 2. The molecule has 4 rings (SSSR count). The van der Waals surface area contributed by atoms with Crippen molar-refractivity contribution in [3.05, 3.63) is 70.0 Å². The van der Waals surface area contributed by atoms with Crippen LogP contribution in [0, 0.1) is 10.6 Å². The van der Waals surface area contributed by atoms with Crippen LogP contribution < -0.4 is 10.6 Å². The van der Waals surface area contributed by atoms with Gasteiger partial charge in [0.25, 0.3) is 11.8 Å². The third-order valence-corrected chi connectivity index (χ3v) is 4.88. The van der Waals surface area contributed by atoms with Gasteiger partial charge in [-0.3, -0.25) is 19.3 Å². The zero-order valence-electron chi connectivity index (χ0n) is 15.8. The highest BCUT2D eigenvalue weighted by Gasteiger charge is 2.27. The fourth-order valence-electron chi connectivity index (χ4n) is 2.95. The van der Waals surface area contributed by atoms with Crippen molar-refractivity contribution in [2.45, 2.75) is 32.0 Å². The second kappa shape index (κ2) is 8.49. The van der Waals surface area contributed by atoms with Crippen LogP contribution in [-0.4, -0.2) is 36.5 Å². The van der Waals surface area contributed by atoms with Gasteiger partial charge in [-0.15, -0.1) is 0 Å². The van der Waals surface area contributed by atoms with Crippen LogP contribution in [0.25, 0.3) is 0 Å². The molecule has 11 heteroatoms. The molecule has 0 aliphatic heterocycles. The number of H-pyrrole nitrogens is 1. The number of aromatic nitrogens is 5. The van der Waals surface area contributed by atoms with Crippen molar-refractivity contribution in [3.63, 3.8) is 0 Å². The number of aromatic amines is 1. The fourth-order valence-corrected chi connectivity index (χ4v) is 3.25. The summed E-state index contributed by atoms with van der Waals surface area (Å²) in [5, 5.41) is 12.3. The van der Waals surface area contributed by atoms with Crippen molar-refractivity contribution in [2.24, 2.45) is 0 Å². The number of hydrogen-bond donors (Lipinski definition) is 3. The van der Waals surface area contributed by atoms with E-state index in [9.17, 15) is 14.0 Å². The van der Waals surface area contributed by atoms with Crippen LogP contribution in [0.2, 0.25) is 0 Å². The molecule has 0 spiro atoms. The van der Waals surface area contributed by atoms with Crippen molar-refractivity contribution >= 4 is 24.0 Å². The molecule has 3 N–H and O–H groups in total. The Hall–Kier alpha value is -3.47. The first-order valence-electron chi connectivity index (χ1n) is 9.30. The molecule has 1 aromatic carbocycles. The highest BCUT2D eigenvalue weighted by Crippen LogP contribution is 2.35. The average molecular weight is 427 g/mol. The highest BCUT2D eigenvalue weighted by molar-refractivity contribution is 7.71. The standard InChI is InChI=1S/C19H18FN7O2S/c20-12-3-1-11(2-4-12)9-23-17(28)15-16(22-8-7-21-15)18(29)24-10-14-25-26-19(30)27(14)13-5-6-13/h1-4,7-8,13H,5-6,9-10H2,(H,23,28)(H,24,29)(H,26,30). The average Bonchev–Trinajstić information content (AvgIpc) is 3.53. The van der Waals surface area contributed by atoms with Crippen molar-refractivity contribution < 1.29 is 14.0 Å². The largest absolute Gasteiger partial charge is 0.347 e. The lowest BCUT2D eigenvalue weighted by molar-refractivity contribution is 0.0907. The summed E-state index contributed by atoms with van der Waals surface area (Å²) in [6.07, 6.45) is 4.72. The number of hydrogen-bond acceptors (Lipinski definition) is 6. The van der Waals surface area contributed by atoms with Crippen LogP contribution in [0.3, 0.4) is 0 Å². The molecule has 1 fully saturated rings. The Bertz CT molecular complexity index is 1140. The smallest absolute Gasteiger partial charge is 0.272 e. The molecular weight excluding hydrogens is 409 g/mol. The molecule has 2 heterocycles. The summed E-state index contributed by atoms with van der Waals surface area (Å²) in [6, 6.07) is 6.05. The topological polar surface area (TPSA) is 118 Å². The van der Waals surface area contributed by atoms with Gasteiger partial charge in [-0.05, 0) is 42.8 Å². The van der Waals surface area contributed by atoms with Gasteiger partial charge < -0.3 is 10.6 Å². The summed E-state index contributed by atoms with van der Waals surface area (Å²) in [5.41, 5.74) is 0.516. The first-order valence-corrected chi connectivity index (χ1v) is 9.71. The molecule has 9 nitrogen and oxygen atoms in total. The van der Waals surface area contributed by atoms with Gasteiger partial charge in [-0.1, -0.05) is 12.1 Å². The Morgan fingerprint density at radius 1 is 1.07 bits per heavy atom. The lowest BCUT2D eigenvalue weighted by atomic mass is 10.2. The molecular formula is C19H18FN7O2S. The minimum atomic E-state index is -0.557. The Balaban J connectivity index is 1.43. The van der Waals surface area contributed by atoms with Crippen LogP contribution in [0.4, 0.5) is 4.39 Å². The van der Waals surface area contributed by atoms with Crippen LogP contribution in [0.1, 0.15) is 51.2 Å². The van der Waals surface area contributed by atoms with Gasteiger partial charge >= 0.3 is 0 Å². The Labute approximate surface area is 175 Å². The van der Waals surface area contributed by atoms with E-state index in [-0.39, 0.29) is 30.3 Å². The second-order valence-electron chi connectivity index (χ2n) is 6.79. The minimum Gasteiger partial charge on any atom is -0.347 e. The van der Waals surface area contributed by atoms with Crippen molar-refractivity contribution in [1.82, 2.24) is 35.4 Å². The normalized spacial score (nSPS) is 13.1. The molecule has 0 saturated heterocycles. The maximum absolute atomic E-state index is 13.0. The van der Waals surface area contributed by atoms with Crippen molar-refractivity contribution in [1.29, 1.82) is 0 Å². The van der Waals surface area contributed by atoms with E-state index < -0.39 is 11.8 Å². The number of rotatable bonds is 7. The van der Waals surface area contributed by atoms with E-state index in [4.69, 9.17) is 12.2 Å². The van der Waals surface area contributed by atoms with Crippen LogP contribution in [0.15, 0.2) is 36.7 Å². The summed E-state index contributed by atoms with van der Waals surface area (Å²) >= 11 is 5.23. The first kappa shape index (κ1) is 19.8. The number of nitrogens with one attached hydrogen (secondary N) is 3. The molecule has 30 heavy (non-hydrogen) atoms. The van der Waals surface area contributed by atoms with E-state index in [0.29, 0.717) is 22.2 Å². The predicted molar refractivity (Wildman–Crippen MR) is 106 cm³/mol. The first-order chi connectivity index (χ1) is 14.5. The Morgan fingerprint density at radius 3 is 2.27 bits per heavy atom. The van der Waals surface area contributed by atoms with Gasteiger partial charge in [0.1, 0.15) is 5.82 Å². The van der Waals surface area contributed by atoms with E-state index in [1.54, 1.807) is 12.1 Å². The molecule has 3 aromatic rings. The van der Waals surface area contributed by atoms with Crippen LogP contribution in [-0.2, 0) is 13.1 Å². The molecule has 0 atom stereocenters. The molecule has 1 aliphatic carbocycles. The molecule has 2 aromatic heterocycles. The zero-order valence-corrected chi connectivity index (χ0v) is 16.6. The summed E-state index contributed by atoms with van der Waals surface area (Å²) in [4.78, 5) is 33.2. The number of halogens is 1. The van der Waals surface area contributed by atoms with Gasteiger partial charge in [-0.25, -0.2) is 14.4 Å². The number of nitrogens with zero attached hydrogens (tertiary/aromatic N) is 4. The molecule has 1 aliphatic rings. The predicted octanol–water partition coefficient (Wildman–Crippen LogP) is 2.06. The van der Waals surface area contributed by atoms with E-state index >= 15 is 0 Å². The lowest BCUT2D eigenvalue weighted by Crippen LogP contribution is -2.31. The van der Waals surface area contributed by atoms with Gasteiger partial charge in [0.15, 0.2) is 22.0 Å². The number of amides is 2. The van der Waals surface area contributed by atoms with E-state index in [0.717, 1.165) is 12.8 Å². The second-order valence-corrected chi connectivity index (χ2v) is 7.18. The van der Waals surface area contributed by atoms with Gasteiger partial charge in [-0.2, -0.15) is 5.10 Å². The SMILES string of the molecule is O=C(NCc1ccc(F)cc1)c1nccnc1C(=O)NCc1n[nH]c(=S)n1C1CC1. The summed E-state index contributed by atoms with van der Waals surface area (Å²) in [5.74, 6) is -0.854. The minimum absolute atomic E-state index is 0.0961. The third kappa shape index (κ3) is 4.40. The quantitative estimate of drug-likeness (QED) is 0.497. The molecule has 2 amide bonds. The van der Waals surface area contributed by atoms with E-state index in [1.165, 1.54) is 24.5 Å². The Kier molecular flexibility index (Phi) is 5.61. The van der Waals surface area contributed by atoms with Crippen molar-refractivity contribution in [2.75, 3.05) is 0 Å². The molecule has 0 radical (unpaired) electrons. The van der Waals surface area contributed by atoms with Gasteiger partial charge in [0.05, 0.1) is 6.54 Å². The van der Waals surface area contributed by atoms with E-state index in [1.807, 2.05) is 4.57 Å². The van der Waals surface area contributed by atoms with E-state index in [2.05, 4.69) is 30.8 Å². The summed E-state index contributed by atoms with van der Waals surface area (Å²) < 4.78 is 15.4. The van der Waals surface area contributed by atoms with Crippen LogP contribution >= 0.6 is 12.2 Å². The maximum Gasteiger partial charge on any atom is 0.272 e. The third-order valence-electron chi connectivity index (χ3n) is 4.59. The maximum atomic E-state index is 13.0. The molecule has 1 saturated carbocycles. The fraction of sp³-hybridized carbons (Fsp3) is 0.263. The molecule has 0 bridgehead atoms.